The fourth-order valence-corrected chi connectivity index (χ4v) is 12.2. The van der Waals surface area contributed by atoms with E-state index in [2.05, 4.69) is 278 Å². The molecule has 0 aliphatic heterocycles. The standard InChI is InChI=1S/C68H47N/c1-2-3-27-58-57-30-12-15-33-61(57)68(64-36-18-16-34-62(64)67(63-35-17-19-37-65(63)68)59-31-13-10-28-55(59)56-29-11-14-32-60(56)67)66(58)69(54-26-20-25-52(46-54)48-23-8-5-9-24-48)53-44-42-51(43-45-53)50-40-38-49(39-41-50)47-21-6-4-7-22-47/h2-46H,1H2/b27-3-. The van der Waals surface area contributed by atoms with E-state index in [1.54, 1.807) is 0 Å². The summed E-state index contributed by atoms with van der Waals surface area (Å²) in [6.45, 7) is 4.21. The fourth-order valence-electron chi connectivity index (χ4n) is 12.2. The molecule has 0 atom stereocenters. The predicted octanol–water partition coefficient (Wildman–Crippen LogP) is 17.0. The van der Waals surface area contributed by atoms with Gasteiger partial charge >= 0.3 is 0 Å². The summed E-state index contributed by atoms with van der Waals surface area (Å²) in [6.07, 6.45) is 6.31. The monoisotopic (exact) mass is 877 g/mol. The number of fused-ring (bicyclic) bond motifs is 13. The lowest BCUT2D eigenvalue weighted by Gasteiger charge is -2.51. The maximum Gasteiger partial charge on any atom is 0.0876 e. The van der Waals surface area contributed by atoms with Gasteiger partial charge in [-0.05, 0) is 113 Å². The molecule has 0 fully saturated rings. The molecule has 1 nitrogen and oxygen atoms in total. The Kier molecular flexibility index (Phi) is 9.52. The maximum absolute atomic E-state index is 4.21. The normalized spacial score (nSPS) is 14.3. The highest BCUT2D eigenvalue weighted by molar-refractivity contribution is 5.99. The largest absolute Gasteiger partial charge is 0.312 e. The Labute approximate surface area is 405 Å². The van der Waals surface area contributed by atoms with E-state index in [4.69, 9.17) is 0 Å². The molecule has 0 unspecified atom stereocenters. The average molecular weight is 878 g/mol. The predicted molar refractivity (Wildman–Crippen MR) is 288 cm³/mol. The van der Waals surface area contributed by atoms with Crippen molar-refractivity contribution < 1.29 is 0 Å². The molecule has 0 aromatic heterocycles. The molecule has 2 spiro atoms. The van der Waals surface area contributed by atoms with Crippen LogP contribution in [0.25, 0.3) is 50.1 Å². The Morgan fingerprint density at radius 2 is 0.681 bits per heavy atom. The lowest BCUT2D eigenvalue weighted by atomic mass is 9.52. The van der Waals surface area contributed by atoms with Gasteiger partial charge in [0.2, 0.25) is 0 Å². The zero-order chi connectivity index (χ0) is 45.9. The van der Waals surface area contributed by atoms with Crippen LogP contribution in [-0.4, -0.2) is 0 Å². The van der Waals surface area contributed by atoms with E-state index in [0.29, 0.717) is 0 Å². The van der Waals surface area contributed by atoms with E-state index in [-0.39, 0.29) is 0 Å². The summed E-state index contributed by atoms with van der Waals surface area (Å²) in [5, 5.41) is 0. The molecule has 0 radical (unpaired) electrons. The quantitative estimate of drug-likeness (QED) is 0.138. The van der Waals surface area contributed by atoms with E-state index in [0.717, 1.165) is 28.1 Å². The van der Waals surface area contributed by atoms with Crippen LogP contribution in [0.4, 0.5) is 11.4 Å². The Morgan fingerprint density at radius 1 is 0.304 bits per heavy atom. The molecule has 13 rings (SSSR count). The minimum Gasteiger partial charge on any atom is -0.312 e. The average Bonchev–Trinajstić information content (AvgIpc) is 3.88. The number of allylic oxidation sites excluding steroid dienone is 5. The molecule has 0 saturated heterocycles. The summed E-state index contributed by atoms with van der Waals surface area (Å²) in [4.78, 5) is 2.57. The molecule has 3 aliphatic rings. The van der Waals surface area contributed by atoms with Gasteiger partial charge in [-0.2, -0.15) is 0 Å². The van der Waals surface area contributed by atoms with Gasteiger partial charge in [-0.25, -0.2) is 0 Å². The lowest BCUT2D eigenvalue weighted by molar-refractivity contribution is 0.616. The maximum atomic E-state index is 4.21. The third kappa shape index (κ3) is 5.97. The first-order chi connectivity index (χ1) is 34.2. The van der Waals surface area contributed by atoms with Crippen molar-refractivity contribution in [2.24, 2.45) is 0 Å². The molecule has 10 aromatic carbocycles. The SMILES string of the molecule is C=C/C=C\C1=C(N(c2ccc(-c3ccc(-c4ccccc4)cc3)cc2)c2cccc(-c3ccccc3)c2)C2(c3ccccc31)c1ccccc1C1(c3ccccc3-c3ccccc31)c1ccccc12. The number of rotatable bonds is 8. The highest BCUT2D eigenvalue weighted by atomic mass is 15.2. The molecule has 69 heavy (non-hydrogen) atoms. The van der Waals surface area contributed by atoms with Crippen LogP contribution in [-0.2, 0) is 10.8 Å². The lowest BCUT2D eigenvalue weighted by Crippen LogP contribution is -2.46. The van der Waals surface area contributed by atoms with Crippen molar-refractivity contribution in [2.75, 3.05) is 4.90 Å². The smallest absolute Gasteiger partial charge is 0.0876 e. The van der Waals surface area contributed by atoms with Gasteiger partial charge in [0.05, 0.1) is 16.5 Å². The molecule has 1 heteroatoms. The van der Waals surface area contributed by atoms with Gasteiger partial charge < -0.3 is 4.90 Å². The fraction of sp³-hybridized carbons (Fsp3) is 0.0294. The summed E-state index contributed by atoms with van der Waals surface area (Å²) in [5.74, 6) is 0. The van der Waals surface area contributed by atoms with Crippen LogP contribution in [0.3, 0.4) is 0 Å². The van der Waals surface area contributed by atoms with Gasteiger partial charge in [0.15, 0.2) is 0 Å². The molecule has 0 amide bonds. The van der Waals surface area contributed by atoms with Gasteiger partial charge in [0.25, 0.3) is 0 Å². The Balaban J connectivity index is 1.11. The molecular formula is C68H47N. The van der Waals surface area contributed by atoms with Crippen LogP contribution in [0, 0.1) is 0 Å². The van der Waals surface area contributed by atoms with Crippen LogP contribution < -0.4 is 4.90 Å². The molecule has 0 heterocycles. The highest BCUT2D eigenvalue weighted by Crippen LogP contribution is 2.68. The van der Waals surface area contributed by atoms with E-state index in [1.165, 1.54) is 83.6 Å². The second-order valence-electron chi connectivity index (χ2n) is 18.3. The Hall–Kier alpha value is -8.78. The van der Waals surface area contributed by atoms with Gasteiger partial charge in [-0.1, -0.05) is 255 Å². The van der Waals surface area contributed by atoms with Gasteiger partial charge in [-0.15, -0.1) is 0 Å². The first-order valence-corrected chi connectivity index (χ1v) is 24.0. The van der Waals surface area contributed by atoms with E-state index in [9.17, 15) is 0 Å². The Bertz CT molecular complexity index is 3570. The summed E-state index contributed by atoms with van der Waals surface area (Å²) < 4.78 is 0. The van der Waals surface area contributed by atoms with Crippen molar-refractivity contribution in [1.29, 1.82) is 0 Å². The number of benzene rings is 10. The molecule has 324 valence electrons. The van der Waals surface area contributed by atoms with Crippen molar-refractivity contribution in [1.82, 2.24) is 0 Å². The number of hydrogen-bond donors (Lipinski definition) is 0. The molecule has 10 aromatic rings. The molecule has 0 saturated carbocycles. The van der Waals surface area contributed by atoms with Crippen LogP contribution in [0.2, 0.25) is 0 Å². The van der Waals surface area contributed by atoms with E-state index in [1.807, 2.05) is 6.08 Å². The van der Waals surface area contributed by atoms with Crippen molar-refractivity contribution in [3.63, 3.8) is 0 Å². The number of nitrogens with zero attached hydrogens (tertiary/aromatic N) is 1. The third-order valence-electron chi connectivity index (χ3n) is 14.9. The minimum absolute atomic E-state index is 0.554. The summed E-state index contributed by atoms with van der Waals surface area (Å²) in [7, 11) is 0. The van der Waals surface area contributed by atoms with Crippen molar-refractivity contribution in [2.45, 2.75) is 10.8 Å². The van der Waals surface area contributed by atoms with Crippen molar-refractivity contribution in [3.8, 4) is 44.5 Å². The topological polar surface area (TPSA) is 3.24 Å². The van der Waals surface area contributed by atoms with Crippen LogP contribution in [0.5, 0.6) is 0 Å². The summed E-state index contributed by atoms with van der Waals surface area (Å²) in [5.41, 5.74) is 23.1. The Morgan fingerprint density at radius 3 is 1.19 bits per heavy atom. The van der Waals surface area contributed by atoms with Gasteiger partial charge in [-0.3, -0.25) is 0 Å². The summed E-state index contributed by atoms with van der Waals surface area (Å²) >= 11 is 0. The number of hydrogen-bond acceptors (Lipinski definition) is 1. The second-order valence-corrected chi connectivity index (χ2v) is 18.3. The second kappa shape index (κ2) is 16.2. The van der Waals surface area contributed by atoms with Gasteiger partial charge in [0, 0.05) is 16.9 Å². The first kappa shape index (κ1) is 40.5. The van der Waals surface area contributed by atoms with Crippen molar-refractivity contribution >= 4 is 16.9 Å². The molecule has 3 aliphatic carbocycles. The molecule has 0 bridgehead atoms. The van der Waals surface area contributed by atoms with E-state index >= 15 is 0 Å². The van der Waals surface area contributed by atoms with Crippen LogP contribution in [0.1, 0.15) is 44.5 Å². The van der Waals surface area contributed by atoms with Crippen molar-refractivity contribution in [3.05, 3.63) is 330 Å². The summed E-state index contributed by atoms with van der Waals surface area (Å²) in [6, 6.07) is 94.6. The minimum atomic E-state index is -0.767. The van der Waals surface area contributed by atoms with Crippen LogP contribution >= 0.6 is 0 Å². The first-order valence-electron chi connectivity index (χ1n) is 24.0. The van der Waals surface area contributed by atoms with E-state index < -0.39 is 10.8 Å². The zero-order valence-electron chi connectivity index (χ0n) is 38.1. The zero-order valence-corrected chi connectivity index (χ0v) is 38.1. The highest BCUT2D eigenvalue weighted by Gasteiger charge is 2.60. The molecule has 0 N–H and O–H groups in total. The number of anilines is 2. The molecular weight excluding hydrogens is 831 g/mol. The van der Waals surface area contributed by atoms with Gasteiger partial charge in [0.1, 0.15) is 0 Å². The van der Waals surface area contributed by atoms with Crippen LogP contribution in [0.15, 0.2) is 285 Å². The third-order valence-corrected chi connectivity index (χ3v) is 14.9.